The summed E-state index contributed by atoms with van der Waals surface area (Å²) in [5, 5.41) is 0.648. The van der Waals surface area contributed by atoms with Gasteiger partial charge in [0.05, 0.1) is 17.2 Å². The smallest absolute Gasteiger partial charge is 0.256 e. The van der Waals surface area contributed by atoms with Gasteiger partial charge in [-0.1, -0.05) is 23.2 Å². The van der Waals surface area contributed by atoms with Crippen LogP contribution in [0.25, 0.3) is 0 Å². The van der Waals surface area contributed by atoms with Crippen LogP contribution in [-0.4, -0.2) is 67.6 Å². The van der Waals surface area contributed by atoms with Crippen LogP contribution in [0.15, 0.2) is 12.3 Å². The third-order valence-corrected chi connectivity index (χ3v) is 5.59. The van der Waals surface area contributed by atoms with Crippen LogP contribution in [0.3, 0.4) is 0 Å². The van der Waals surface area contributed by atoms with Crippen molar-refractivity contribution in [3.05, 3.63) is 28.0 Å². The van der Waals surface area contributed by atoms with E-state index in [2.05, 4.69) is 16.9 Å². The molecule has 1 spiro atoms. The highest BCUT2D eigenvalue weighted by atomic mass is 35.5. The van der Waals surface area contributed by atoms with Crippen molar-refractivity contribution < 1.29 is 9.53 Å². The Morgan fingerprint density at radius 1 is 1.48 bits per heavy atom. The van der Waals surface area contributed by atoms with E-state index in [-0.39, 0.29) is 11.3 Å². The topological polar surface area (TPSA) is 45.7 Å². The van der Waals surface area contributed by atoms with Crippen LogP contribution in [0, 0.1) is 11.3 Å². The minimum absolute atomic E-state index is 0.0678. The SMILES string of the molecule is COC[C@@H]1CN(C)C[C@@]12CCN(C(=O)c1cnc(Cl)cc1Cl)C2. The zero-order valence-electron chi connectivity index (χ0n) is 13.4. The molecule has 0 saturated carbocycles. The maximum atomic E-state index is 12.8. The molecule has 1 aromatic heterocycles. The van der Waals surface area contributed by atoms with Crippen molar-refractivity contribution in [3.8, 4) is 0 Å². The summed E-state index contributed by atoms with van der Waals surface area (Å²) in [6, 6.07) is 1.51. The Balaban J connectivity index is 1.77. The summed E-state index contributed by atoms with van der Waals surface area (Å²) in [4.78, 5) is 21.0. The number of aromatic nitrogens is 1. The van der Waals surface area contributed by atoms with Crippen molar-refractivity contribution in [3.63, 3.8) is 0 Å². The lowest BCUT2D eigenvalue weighted by Crippen LogP contribution is -2.38. The molecule has 3 heterocycles. The molecule has 0 N–H and O–H groups in total. The maximum Gasteiger partial charge on any atom is 0.256 e. The zero-order chi connectivity index (χ0) is 16.6. The second-order valence-corrected chi connectivity index (χ2v) is 7.47. The van der Waals surface area contributed by atoms with E-state index in [1.54, 1.807) is 7.11 Å². The van der Waals surface area contributed by atoms with E-state index in [4.69, 9.17) is 27.9 Å². The molecule has 2 fully saturated rings. The van der Waals surface area contributed by atoms with Crippen molar-refractivity contribution in [2.45, 2.75) is 6.42 Å². The first-order valence-corrected chi connectivity index (χ1v) is 8.48. The van der Waals surface area contributed by atoms with E-state index in [9.17, 15) is 4.79 Å². The van der Waals surface area contributed by atoms with E-state index < -0.39 is 0 Å². The largest absolute Gasteiger partial charge is 0.384 e. The van der Waals surface area contributed by atoms with Gasteiger partial charge >= 0.3 is 0 Å². The summed E-state index contributed by atoms with van der Waals surface area (Å²) < 4.78 is 5.40. The van der Waals surface area contributed by atoms with Crippen molar-refractivity contribution in [1.29, 1.82) is 0 Å². The maximum absolute atomic E-state index is 12.8. The summed E-state index contributed by atoms with van der Waals surface area (Å²) >= 11 is 12.0. The first-order chi connectivity index (χ1) is 10.9. The molecule has 7 heteroatoms. The fourth-order valence-corrected chi connectivity index (χ4v) is 4.45. The number of pyridine rings is 1. The number of hydrogen-bond donors (Lipinski definition) is 0. The number of nitrogens with zero attached hydrogens (tertiary/aromatic N) is 3. The van der Waals surface area contributed by atoms with E-state index in [0.717, 1.165) is 39.2 Å². The molecule has 0 aliphatic carbocycles. The summed E-state index contributed by atoms with van der Waals surface area (Å²) in [6.07, 6.45) is 2.46. The van der Waals surface area contributed by atoms with Gasteiger partial charge in [-0.15, -0.1) is 0 Å². The van der Waals surface area contributed by atoms with Gasteiger partial charge in [-0.05, 0) is 19.5 Å². The van der Waals surface area contributed by atoms with Crippen LogP contribution in [0.4, 0.5) is 0 Å². The van der Waals surface area contributed by atoms with Gasteiger partial charge in [-0.2, -0.15) is 0 Å². The molecule has 2 aliphatic rings. The molecule has 1 aromatic rings. The average Bonchev–Trinajstić information content (AvgIpc) is 3.04. The molecule has 5 nitrogen and oxygen atoms in total. The van der Waals surface area contributed by atoms with Crippen molar-refractivity contribution in [2.75, 3.05) is 46.9 Å². The van der Waals surface area contributed by atoms with Crippen molar-refractivity contribution in [1.82, 2.24) is 14.8 Å². The molecular formula is C16H21Cl2N3O2. The molecule has 126 valence electrons. The molecule has 23 heavy (non-hydrogen) atoms. The number of halogens is 2. The predicted molar refractivity (Wildman–Crippen MR) is 90.1 cm³/mol. The molecule has 1 amide bonds. The molecule has 0 aromatic carbocycles. The minimum atomic E-state index is -0.0678. The highest BCUT2D eigenvalue weighted by molar-refractivity contribution is 6.36. The number of rotatable bonds is 3. The number of methoxy groups -OCH3 is 1. The van der Waals surface area contributed by atoms with Crippen molar-refractivity contribution in [2.24, 2.45) is 11.3 Å². The van der Waals surface area contributed by atoms with Gasteiger partial charge in [0.2, 0.25) is 0 Å². The molecular weight excluding hydrogens is 337 g/mol. The first-order valence-electron chi connectivity index (χ1n) is 7.73. The Morgan fingerprint density at radius 3 is 2.96 bits per heavy atom. The van der Waals surface area contributed by atoms with Crippen LogP contribution in [-0.2, 0) is 4.74 Å². The van der Waals surface area contributed by atoms with Crippen LogP contribution in [0.5, 0.6) is 0 Å². The van der Waals surface area contributed by atoms with E-state index >= 15 is 0 Å². The Labute approximate surface area is 146 Å². The Kier molecular flexibility index (Phi) is 4.83. The fourth-order valence-electron chi connectivity index (χ4n) is 4.00. The minimum Gasteiger partial charge on any atom is -0.384 e. The summed E-state index contributed by atoms with van der Waals surface area (Å²) in [6.45, 7) is 4.22. The predicted octanol–water partition coefficient (Wildman–Crippen LogP) is 2.43. The van der Waals surface area contributed by atoms with Gasteiger partial charge in [0.15, 0.2) is 0 Å². The lowest BCUT2D eigenvalue weighted by atomic mass is 9.77. The lowest BCUT2D eigenvalue weighted by molar-refractivity contribution is 0.0716. The average molecular weight is 358 g/mol. The van der Waals surface area contributed by atoms with Crippen LogP contribution >= 0.6 is 23.2 Å². The Morgan fingerprint density at radius 2 is 2.26 bits per heavy atom. The third-order valence-electron chi connectivity index (χ3n) is 5.07. The van der Waals surface area contributed by atoms with E-state index in [1.807, 2.05) is 4.90 Å². The molecule has 2 saturated heterocycles. The quantitative estimate of drug-likeness (QED) is 0.779. The second-order valence-electron chi connectivity index (χ2n) is 6.67. The Hall–Kier alpha value is -0.880. The fraction of sp³-hybridized carbons (Fsp3) is 0.625. The summed E-state index contributed by atoms with van der Waals surface area (Å²) in [7, 11) is 3.87. The van der Waals surface area contributed by atoms with Crippen molar-refractivity contribution >= 4 is 29.1 Å². The summed E-state index contributed by atoms with van der Waals surface area (Å²) in [5.74, 6) is 0.385. The molecule has 0 radical (unpaired) electrons. The first kappa shape index (κ1) is 17.0. The van der Waals surface area contributed by atoms with Gasteiger partial charge in [0, 0.05) is 50.8 Å². The normalized spacial score (nSPS) is 28.0. The lowest BCUT2D eigenvalue weighted by Gasteiger charge is -2.30. The van der Waals surface area contributed by atoms with Crippen LogP contribution < -0.4 is 0 Å². The molecule has 0 unspecified atom stereocenters. The van der Waals surface area contributed by atoms with Crippen LogP contribution in [0.2, 0.25) is 10.2 Å². The van der Waals surface area contributed by atoms with E-state index in [1.165, 1.54) is 12.3 Å². The third kappa shape index (κ3) is 3.20. The second kappa shape index (κ2) is 6.55. The van der Waals surface area contributed by atoms with Gasteiger partial charge in [-0.25, -0.2) is 4.98 Å². The van der Waals surface area contributed by atoms with Gasteiger partial charge < -0.3 is 14.5 Å². The number of carbonyl (C=O) groups is 1. The van der Waals surface area contributed by atoms with E-state index in [0.29, 0.717) is 21.7 Å². The molecule has 2 aliphatic heterocycles. The number of carbonyl (C=O) groups excluding carboxylic acids is 1. The number of likely N-dealkylation sites (tertiary alicyclic amines) is 2. The van der Waals surface area contributed by atoms with Gasteiger partial charge in [0.1, 0.15) is 5.15 Å². The monoisotopic (exact) mass is 357 g/mol. The van der Waals surface area contributed by atoms with Crippen LogP contribution in [0.1, 0.15) is 16.8 Å². The number of hydrogen-bond acceptors (Lipinski definition) is 4. The number of amides is 1. The molecule has 3 rings (SSSR count). The zero-order valence-corrected chi connectivity index (χ0v) is 14.9. The summed E-state index contributed by atoms with van der Waals surface area (Å²) in [5.41, 5.74) is 0.537. The highest BCUT2D eigenvalue weighted by Crippen LogP contribution is 2.44. The molecule has 0 bridgehead atoms. The Bertz CT molecular complexity index is 613. The number of ether oxygens (including phenoxy) is 1. The standard InChI is InChI=1S/C16H21Cl2N3O2/c1-20-7-11(8-23-2)16(9-20)3-4-21(10-16)15(22)12-6-19-14(18)5-13(12)17/h5-6,11H,3-4,7-10H2,1-2H3/t11-,16+/m0/s1. The van der Waals surface area contributed by atoms with Gasteiger partial charge in [0.25, 0.3) is 5.91 Å². The molecule has 2 atom stereocenters. The highest BCUT2D eigenvalue weighted by Gasteiger charge is 2.50. The van der Waals surface area contributed by atoms with Gasteiger partial charge in [-0.3, -0.25) is 4.79 Å².